The summed E-state index contributed by atoms with van der Waals surface area (Å²) in [6.45, 7) is 18.4. The van der Waals surface area contributed by atoms with Crippen LogP contribution in [0.25, 0.3) is 0 Å². The number of fused-ring (bicyclic) bond motifs is 1. The van der Waals surface area contributed by atoms with Gasteiger partial charge < -0.3 is 14.3 Å². The zero-order valence-corrected chi connectivity index (χ0v) is 28.4. The van der Waals surface area contributed by atoms with E-state index in [0.717, 1.165) is 51.4 Å². The van der Waals surface area contributed by atoms with Crippen molar-refractivity contribution in [3.63, 3.8) is 0 Å². The molecule has 0 spiro atoms. The molecule has 0 heterocycles. The molecule has 4 nitrogen and oxygen atoms in total. The van der Waals surface area contributed by atoms with E-state index in [1.807, 2.05) is 0 Å². The van der Waals surface area contributed by atoms with Gasteiger partial charge in [0.15, 0.2) is 0 Å². The second-order valence-corrected chi connectivity index (χ2v) is 19.6. The van der Waals surface area contributed by atoms with Gasteiger partial charge in [-0.15, -0.1) is 0 Å². The first-order valence-corrected chi connectivity index (χ1v) is 18.5. The van der Waals surface area contributed by atoms with Crippen molar-refractivity contribution in [3.05, 3.63) is 72.8 Å². The minimum atomic E-state index is -2.65. The van der Waals surface area contributed by atoms with Crippen LogP contribution in [0.1, 0.15) is 92.9 Å². The fourth-order valence-corrected chi connectivity index (χ4v) is 14.1. The molecule has 4 unspecified atom stereocenters. The Hall–Kier alpha value is -2.21. The lowest BCUT2D eigenvalue weighted by atomic mass is 9.51. The number of ether oxygens (including phenoxy) is 1. The molecule has 1 N–H and O–H groups in total. The van der Waals surface area contributed by atoms with Gasteiger partial charge in [-0.05, 0) is 83.5 Å². The number of esters is 1. The first-order valence-electron chi connectivity index (χ1n) is 16.6. The Morgan fingerprint density at radius 2 is 1.56 bits per heavy atom. The Morgan fingerprint density at radius 3 is 2.12 bits per heavy atom. The Bertz CT molecular complexity index is 1230. The van der Waals surface area contributed by atoms with Gasteiger partial charge in [0, 0.05) is 25.4 Å². The number of hydrogen-bond acceptors (Lipinski definition) is 4. The van der Waals surface area contributed by atoms with Gasteiger partial charge in [-0.3, -0.25) is 4.79 Å². The number of hydrogen-bond donors (Lipinski definition) is 1. The summed E-state index contributed by atoms with van der Waals surface area (Å²) in [4.78, 5) is 12.5. The summed E-state index contributed by atoms with van der Waals surface area (Å²) >= 11 is 0. The molecule has 0 amide bonds. The quantitative estimate of drug-likeness (QED) is 0.194. The molecule has 2 aromatic carbocycles. The SMILES string of the molecule is C=C1CCC2C(OC(C)=O)C([C@@]3(C)CC[C@H](O)C[C@@H]3CCO[Si](c3ccccc3)(c3ccccc3)C(C)(C)C)CCC12C. The molecule has 3 saturated carbocycles. The molecule has 2 aromatic rings. The third kappa shape index (κ3) is 5.82. The summed E-state index contributed by atoms with van der Waals surface area (Å²) in [6, 6.07) is 21.7. The number of allylic oxidation sites excluding steroid dienone is 1. The highest BCUT2D eigenvalue weighted by atomic mass is 28.4. The highest BCUT2D eigenvalue weighted by Gasteiger charge is 2.58. The van der Waals surface area contributed by atoms with Gasteiger partial charge >= 0.3 is 5.97 Å². The van der Waals surface area contributed by atoms with Crippen molar-refractivity contribution in [2.45, 2.75) is 110 Å². The van der Waals surface area contributed by atoms with E-state index in [-0.39, 0.29) is 45.9 Å². The van der Waals surface area contributed by atoms with E-state index in [1.165, 1.54) is 15.9 Å². The van der Waals surface area contributed by atoms with Gasteiger partial charge in [0.25, 0.3) is 8.32 Å². The van der Waals surface area contributed by atoms with E-state index < -0.39 is 8.32 Å². The summed E-state index contributed by atoms with van der Waals surface area (Å²) in [7, 11) is -2.65. The molecule has 0 radical (unpaired) electrons. The fourth-order valence-electron chi connectivity index (χ4n) is 9.49. The van der Waals surface area contributed by atoms with Crippen LogP contribution in [0.2, 0.25) is 5.04 Å². The van der Waals surface area contributed by atoms with E-state index in [0.29, 0.717) is 12.5 Å². The summed E-state index contributed by atoms with van der Waals surface area (Å²) in [5.74, 6) is 0.695. The van der Waals surface area contributed by atoms with E-state index in [1.54, 1.807) is 6.92 Å². The number of carbonyl (C=O) groups is 1. The molecular weight excluding hydrogens is 549 g/mol. The Balaban J connectivity index is 1.45. The van der Waals surface area contributed by atoms with Crippen molar-refractivity contribution in [1.82, 2.24) is 0 Å². The van der Waals surface area contributed by atoms with Crippen molar-refractivity contribution in [1.29, 1.82) is 0 Å². The molecule has 0 aliphatic heterocycles. The molecule has 7 atom stereocenters. The van der Waals surface area contributed by atoms with Crippen molar-refractivity contribution in [2.24, 2.45) is 28.6 Å². The Morgan fingerprint density at radius 1 is 0.953 bits per heavy atom. The van der Waals surface area contributed by atoms with Crippen molar-refractivity contribution in [2.75, 3.05) is 6.61 Å². The van der Waals surface area contributed by atoms with Crippen LogP contribution in [-0.4, -0.2) is 38.2 Å². The lowest BCUT2D eigenvalue weighted by molar-refractivity contribution is -0.173. The lowest BCUT2D eigenvalue weighted by Crippen LogP contribution is -2.66. The molecule has 43 heavy (non-hydrogen) atoms. The maximum Gasteiger partial charge on any atom is 0.302 e. The third-order valence-electron chi connectivity index (χ3n) is 12.0. The second kappa shape index (κ2) is 12.3. The van der Waals surface area contributed by atoms with Crippen LogP contribution in [0.5, 0.6) is 0 Å². The number of benzene rings is 2. The molecule has 0 bridgehead atoms. The summed E-state index contributed by atoms with van der Waals surface area (Å²) in [6.07, 6.45) is 7.22. The number of carbonyl (C=O) groups excluding carboxylic acids is 1. The maximum atomic E-state index is 12.5. The van der Waals surface area contributed by atoms with Gasteiger partial charge in [0.2, 0.25) is 0 Å². The monoisotopic (exact) mass is 602 g/mol. The van der Waals surface area contributed by atoms with Gasteiger partial charge in [0.1, 0.15) is 6.10 Å². The minimum Gasteiger partial charge on any atom is -0.462 e. The zero-order chi connectivity index (χ0) is 31.0. The van der Waals surface area contributed by atoms with E-state index in [9.17, 15) is 9.90 Å². The van der Waals surface area contributed by atoms with Crippen LogP contribution in [0.15, 0.2) is 72.8 Å². The van der Waals surface area contributed by atoms with E-state index >= 15 is 0 Å². The molecule has 5 rings (SSSR count). The molecule has 5 heteroatoms. The minimum absolute atomic E-state index is 0.0423. The predicted octanol–water partition coefficient (Wildman–Crippen LogP) is 7.43. The zero-order valence-electron chi connectivity index (χ0n) is 27.4. The molecule has 3 aliphatic carbocycles. The number of rotatable bonds is 8. The standard InChI is InChI=1S/C38H54O4Si/c1-27-18-19-33-35(42-28(2)39)34(21-24-37(27,33)6)38(7)23-20-30(40)26-29(38)22-25-41-43(36(3,4)5,31-14-10-8-11-15-31)32-16-12-9-13-17-32/h8-17,29-30,33-35,40H,1,18-26H2,2-7H3/t29-,30-,33?,34?,35?,37?,38-/m0/s1. The van der Waals surface area contributed by atoms with Gasteiger partial charge in [-0.1, -0.05) is 107 Å². The smallest absolute Gasteiger partial charge is 0.302 e. The average Bonchev–Trinajstić information content (AvgIpc) is 3.27. The highest BCUT2D eigenvalue weighted by Crippen LogP contribution is 2.62. The summed E-state index contributed by atoms with van der Waals surface area (Å²) in [5.41, 5.74) is 1.33. The fraction of sp³-hybridized carbons (Fsp3) is 0.605. The maximum absolute atomic E-state index is 12.5. The van der Waals surface area contributed by atoms with E-state index in [2.05, 4.69) is 102 Å². The first kappa shape index (κ1) is 32.2. The predicted molar refractivity (Wildman–Crippen MR) is 178 cm³/mol. The molecule has 234 valence electrons. The van der Waals surface area contributed by atoms with Crippen LogP contribution in [-0.2, 0) is 14.0 Å². The van der Waals surface area contributed by atoms with Gasteiger partial charge in [-0.25, -0.2) is 0 Å². The van der Waals surface area contributed by atoms with Crippen molar-refractivity contribution < 1.29 is 19.1 Å². The van der Waals surface area contributed by atoms with Gasteiger partial charge in [-0.2, -0.15) is 0 Å². The number of aliphatic hydroxyl groups is 1. The van der Waals surface area contributed by atoms with Crippen LogP contribution < -0.4 is 10.4 Å². The average molecular weight is 603 g/mol. The van der Waals surface area contributed by atoms with Gasteiger partial charge in [0.05, 0.1) is 6.10 Å². The summed E-state index contributed by atoms with van der Waals surface area (Å²) < 4.78 is 13.6. The topological polar surface area (TPSA) is 55.8 Å². The van der Waals surface area contributed by atoms with Crippen LogP contribution in [0.4, 0.5) is 0 Å². The summed E-state index contributed by atoms with van der Waals surface area (Å²) in [5, 5.41) is 13.5. The largest absolute Gasteiger partial charge is 0.462 e. The molecular formula is C38H54O4Si. The van der Waals surface area contributed by atoms with Crippen molar-refractivity contribution in [3.8, 4) is 0 Å². The lowest BCUT2D eigenvalue weighted by Gasteiger charge is -2.56. The molecule has 3 fully saturated rings. The molecule has 0 aromatic heterocycles. The number of aliphatic hydroxyl groups excluding tert-OH is 1. The van der Waals surface area contributed by atoms with Crippen molar-refractivity contribution >= 4 is 24.7 Å². The Labute approximate surface area is 261 Å². The normalized spacial score (nSPS) is 33.2. The second-order valence-electron chi connectivity index (χ2n) is 15.3. The Kier molecular flexibility index (Phi) is 9.20. The molecule has 3 aliphatic rings. The van der Waals surface area contributed by atoms with Crippen LogP contribution >= 0.6 is 0 Å². The van der Waals surface area contributed by atoms with Crippen LogP contribution in [0.3, 0.4) is 0 Å². The molecule has 0 saturated heterocycles. The highest BCUT2D eigenvalue weighted by molar-refractivity contribution is 6.99. The van der Waals surface area contributed by atoms with Crippen LogP contribution in [0, 0.1) is 28.6 Å². The van der Waals surface area contributed by atoms with E-state index in [4.69, 9.17) is 9.16 Å². The third-order valence-corrected chi connectivity index (χ3v) is 17.0. The first-order chi connectivity index (χ1) is 20.3.